The minimum absolute atomic E-state index is 0.153. The molecule has 0 radical (unpaired) electrons. The smallest absolute Gasteiger partial charge is 0.387 e. The lowest BCUT2D eigenvalue weighted by atomic mass is 10.0. The maximum absolute atomic E-state index is 13.0. The molecule has 1 aromatic heterocycles. The molecular formula is C25H17ClF3N3O. The van der Waals surface area contributed by atoms with Crippen molar-refractivity contribution >= 4 is 39.6 Å². The first-order chi connectivity index (χ1) is 15.9. The van der Waals surface area contributed by atoms with Crippen molar-refractivity contribution in [3.05, 3.63) is 101 Å². The van der Waals surface area contributed by atoms with Crippen LogP contribution in [0.15, 0.2) is 84.1 Å². The molecule has 0 saturated carbocycles. The number of hydrogen-bond donors (Lipinski definition) is 1. The third kappa shape index (κ3) is 4.50. The van der Waals surface area contributed by atoms with E-state index < -0.39 is 11.7 Å². The Labute approximate surface area is 192 Å². The first kappa shape index (κ1) is 21.3. The SMILES string of the molecule is FC(F)(F)c1ccc2c(Nc3ccc(C4=NOC(c5ccc(Cl)cc5)C4)cc3)ccnc2c1. The molecule has 3 aromatic carbocycles. The Morgan fingerprint density at radius 3 is 2.42 bits per heavy atom. The van der Waals surface area contributed by atoms with Crippen LogP contribution in [0.2, 0.25) is 5.02 Å². The fraction of sp³-hybridized carbons (Fsp3) is 0.120. The van der Waals surface area contributed by atoms with E-state index in [2.05, 4.69) is 15.5 Å². The number of alkyl halides is 3. The molecule has 0 saturated heterocycles. The van der Waals surface area contributed by atoms with Crippen LogP contribution in [0.4, 0.5) is 24.5 Å². The van der Waals surface area contributed by atoms with Crippen LogP contribution in [0, 0.1) is 0 Å². The van der Waals surface area contributed by atoms with Gasteiger partial charge in [-0.25, -0.2) is 0 Å². The minimum Gasteiger partial charge on any atom is -0.387 e. The average Bonchev–Trinajstić information content (AvgIpc) is 3.30. The zero-order valence-electron chi connectivity index (χ0n) is 17.1. The van der Waals surface area contributed by atoms with Crippen LogP contribution in [0.1, 0.15) is 29.2 Å². The van der Waals surface area contributed by atoms with Crippen molar-refractivity contribution in [1.29, 1.82) is 0 Å². The van der Waals surface area contributed by atoms with Crippen molar-refractivity contribution in [3.8, 4) is 0 Å². The summed E-state index contributed by atoms with van der Waals surface area (Å²) in [5, 5.41) is 8.77. The van der Waals surface area contributed by atoms with E-state index in [1.165, 1.54) is 12.3 Å². The Morgan fingerprint density at radius 2 is 1.70 bits per heavy atom. The largest absolute Gasteiger partial charge is 0.416 e. The number of oxime groups is 1. The van der Waals surface area contributed by atoms with Crippen LogP contribution < -0.4 is 5.32 Å². The highest BCUT2D eigenvalue weighted by Gasteiger charge is 2.30. The topological polar surface area (TPSA) is 46.5 Å². The monoisotopic (exact) mass is 467 g/mol. The van der Waals surface area contributed by atoms with Crippen LogP contribution in [0.25, 0.3) is 10.9 Å². The van der Waals surface area contributed by atoms with Crippen molar-refractivity contribution in [1.82, 2.24) is 4.98 Å². The Morgan fingerprint density at radius 1 is 0.939 bits per heavy atom. The summed E-state index contributed by atoms with van der Waals surface area (Å²) in [5.74, 6) is 0. The number of fused-ring (bicyclic) bond motifs is 1. The number of halogens is 4. The Balaban J connectivity index is 1.31. The van der Waals surface area contributed by atoms with Gasteiger partial charge < -0.3 is 10.2 Å². The predicted molar refractivity (Wildman–Crippen MR) is 123 cm³/mol. The molecule has 1 aliphatic heterocycles. The van der Waals surface area contributed by atoms with Crippen LogP contribution >= 0.6 is 11.6 Å². The number of nitrogens with zero attached hydrogens (tertiary/aromatic N) is 2. The average molecular weight is 468 g/mol. The van der Waals surface area contributed by atoms with E-state index in [4.69, 9.17) is 16.4 Å². The number of pyridine rings is 1. The van der Waals surface area contributed by atoms with E-state index in [0.717, 1.165) is 34.7 Å². The van der Waals surface area contributed by atoms with Crippen molar-refractivity contribution in [2.24, 2.45) is 5.16 Å². The molecule has 1 unspecified atom stereocenters. The fourth-order valence-corrected chi connectivity index (χ4v) is 3.86. The summed E-state index contributed by atoms with van der Waals surface area (Å²) in [4.78, 5) is 9.68. The maximum atomic E-state index is 13.0. The Hall–Kier alpha value is -3.58. The van der Waals surface area contributed by atoms with E-state index in [0.29, 0.717) is 22.5 Å². The second-order valence-electron chi connectivity index (χ2n) is 7.68. The lowest BCUT2D eigenvalue weighted by Crippen LogP contribution is -2.05. The lowest BCUT2D eigenvalue weighted by molar-refractivity contribution is -0.137. The van der Waals surface area contributed by atoms with Gasteiger partial charge in [-0.3, -0.25) is 4.98 Å². The fourth-order valence-electron chi connectivity index (χ4n) is 3.74. The summed E-state index contributed by atoms with van der Waals surface area (Å²) < 4.78 is 39.0. The predicted octanol–water partition coefficient (Wildman–Crippen LogP) is 7.52. The van der Waals surface area contributed by atoms with E-state index in [1.54, 1.807) is 6.07 Å². The van der Waals surface area contributed by atoms with E-state index in [1.807, 2.05) is 48.5 Å². The molecule has 2 heterocycles. The number of hydrogen-bond acceptors (Lipinski definition) is 4. The van der Waals surface area contributed by atoms with Gasteiger partial charge in [0.05, 0.1) is 16.8 Å². The van der Waals surface area contributed by atoms with Gasteiger partial charge in [0, 0.05) is 34.4 Å². The first-order valence-electron chi connectivity index (χ1n) is 10.2. The summed E-state index contributed by atoms with van der Waals surface area (Å²) in [6.45, 7) is 0. The number of aromatic nitrogens is 1. The zero-order valence-corrected chi connectivity index (χ0v) is 17.9. The van der Waals surface area contributed by atoms with Gasteiger partial charge in [-0.15, -0.1) is 0 Å². The number of benzene rings is 3. The second-order valence-corrected chi connectivity index (χ2v) is 8.11. The summed E-state index contributed by atoms with van der Waals surface area (Å²) in [7, 11) is 0. The molecule has 0 amide bonds. The molecule has 4 aromatic rings. The van der Waals surface area contributed by atoms with Gasteiger partial charge in [-0.1, -0.05) is 47.1 Å². The molecular weight excluding hydrogens is 451 g/mol. The highest BCUT2D eigenvalue weighted by atomic mass is 35.5. The van der Waals surface area contributed by atoms with Crippen molar-refractivity contribution < 1.29 is 18.0 Å². The highest BCUT2D eigenvalue weighted by Crippen LogP contribution is 2.34. The van der Waals surface area contributed by atoms with Gasteiger partial charge in [0.25, 0.3) is 0 Å². The number of nitrogens with one attached hydrogen (secondary N) is 1. The molecule has 166 valence electrons. The minimum atomic E-state index is -4.41. The molecule has 1 aliphatic rings. The molecule has 1 N–H and O–H groups in total. The third-order valence-electron chi connectivity index (χ3n) is 5.48. The number of anilines is 2. The van der Waals surface area contributed by atoms with E-state index >= 15 is 0 Å². The van der Waals surface area contributed by atoms with Gasteiger partial charge in [0.15, 0.2) is 6.10 Å². The summed E-state index contributed by atoms with van der Waals surface area (Å²) in [6.07, 6.45) is -2.43. The van der Waals surface area contributed by atoms with Crippen molar-refractivity contribution in [3.63, 3.8) is 0 Å². The van der Waals surface area contributed by atoms with E-state index in [-0.39, 0.29) is 11.6 Å². The maximum Gasteiger partial charge on any atom is 0.416 e. The number of rotatable bonds is 4. The van der Waals surface area contributed by atoms with Gasteiger partial charge >= 0.3 is 6.18 Å². The normalized spacial score (nSPS) is 15.9. The van der Waals surface area contributed by atoms with Gasteiger partial charge in [-0.05, 0) is 53.6 Å². The van der Waals surface area contributed by atoms with E-state index in [9.17, 15) is 13.2 Å². The van der Waals surface area contributed by atoms with Crippen LogP contribution in [-0.4, -0.2) is 10.7 Å². The lowest BCUT2D eigenvalue weighted by Gasteiger charge is -2.12. The molecule has 1 atom stereocenters. The second kappa shape index (κ2) is 8.41. The Bertz CT molecular complexity index is 1340. The van der Waals surface area contributed by atoms with Crippen LogP contribution in [0.3, 0.4) is 0 Å². The van der Waals surface area contributed by atoms with Gasteiger partial charge in [-0.2, -0.15) is 13.2 Å². The molecule has 0 aliphatic carbocycles. The zero-order chi connectivity index (χ0) is 23.0. The summed E-state index contributed by atoms with van der Waals surface area (Å²) in [6, 6.07) is 20.4. The van der Waals surface area contributed by atoms with Crippen LogP contribution in [0.5, 0.6) is 0 Å². The highest BCUT2D eigenvalue weighted by molar-refractivity contribution is 6.30. The summed E-state index contributed by atoms with van der Waals surface area (Å²) in [5.41, 5.74) is 3.81. The van der Waals surface area contributed by atoms with Crippen molar-refractivity contribution in [2.45, 2.75) is 18.7 Å². The quantitative estimate of drug-likeness (QED) is 0.337. The van der Waals surface area contributed by atoms with Crippen LogP contribution in [-0.2, 0) is 11.0 Å². The molecule has 33 heavy (non-hydrogen) atoms. The molecule has 8 heteroatoms. The summed E-state index contributed by atoms with van der Waals surface area (Å²) >= 11 is 5.95. The van der Waals surface area contributed by atoms with Gasteiger partial charge in [0.2, 0.25) is 0 Å². The molecule has 5 rings (SSSR count). The Kier molecular flexibility index (Phi) is 5.42. The molecule has 4 nitrogen and oxygen atoms in total. The first-order valence-corrected chi connectivity index (χ1v) is 10.6. The third-order valence-corrected chi connectivity index (χ3v) is 5.73. The van der Waals surface area contributed by atoms with Crippen molar-refractivity contribution in [2.75, 3.05) is 5.32 Å². The molecule has 0 fully saturated rings. The standard InChI is InChI=1S/C25H17ClF3N3O/c26-18-6-1-16(2-7-18)24-14-22(32-33-24)15-3-8-19(9-4-15)31-21-11-12-30-23-13-17(25(27,28)29)5-10-20(21)23/h1-13,24H,14H2,(H,30,31). The molecule has 0 bridgehead atoms. The molecule has 0 spiro atoms. The van der Waals surface area contributed by atoms with Gasteiger partial charge in [0.1, 0.15) is 0 Å².